The molecule has 0 aliphatic carbocycles. The van der Waals surface area contributed by atoms with E-state index >= 15 is 0 Å². The van der Waals surface area contributed by atoms with E-state index in [1.807, 2.05) is 24.3 Å². The molecule has 0 aliphatic rings. The number of benzene rings is 1. The maximum atomic E-state index is 9.05. The number of nitrogens with zero attached hydrogens (tertiary/aromatic N) is 2. The lowest BCUT2D eigenvalue weighted by atomic mass is 10.1. The predicted octanol–water partition coefficient (Wildman–Crippen LogP) is 2.06. The number of nitriles is 1. The van der Waals surface area contributed by atoms with Crippen LogP contribution in [0.3, 0.4) is 0 Å². The summed E-state index contributed by atoms with van der Waals surface area (Å²) < 4.78 is 0. The highest BCUT2D eigenvalue weighted by Crippen LogP contribution is 2.10. The number of pyridine rings is 1. The minimum absolute atomic E-state index is 0.0377. The predicted molar refractivity (Wildman–Crippen MR) is 68.6 cm³/mol. The van der Waals surface area contributed by atoms with Crippen LogP contribution in [0, 0.1) is 11.3 Å². The molecular weight excluding hydrogens is 226 g/mol. The maximum absolute atomic E-state index is 9.05. The zero-order valence-electron chi connectivity index (χ0n) is 9.80. The maximum Gasteiger partial charge on any atom is 0.127 e. The highest BCUT2D eigenvalue weighted by atomic mass is 16.3. The molecule has 0 unspecified atom stereocenters. The average molecular weight is 239 g/mol. The first-order valence-electron chi connectivity index (χ1n) is 5.60. The molecule has 0 bridgehead atoms. The fourth-order valence-corrected chi connectivity index (χ4v) is 1.63. The van der Waals surface area contributed by atoms with Crippen molar-refractivity contribution in [1.82, 2.24) is 4.98 Å². The third-order valence-electron chi connectivity index (χ3n) is 2.54. The normalized spacial score (nSPS) is 9.78. The Bertz CT molecular complexity index is 575. The number of aliphatic hydroxyl groups excluding tert-OH is 1. The van der Waals surface area contributed by atoms with Gasteiger partial charge in [-0.25, -0.2) is 4.98 Å². The van der Waals surface area contributed by atoms with E-state index in [9.17, 15) is 0 Å². The molecule has 2 aromatic rings. The fourth-order valence-electron chi connectivity index (χ4n) is 1.63. The van der Waals surface area contributed by atoms with E-state index in [2.05, 4.69) is 16.4 Å². The first-order chi connectivity index (χ1) is 8.81. The second kappa shape index (κ2) is 5.80. The molecule has 0 aliphatic heterocycles. The number of nitrogens with one attached hydrogen (secondary N) is 1. The van der Waals surface area contributed by atoms with Gasteiger partial charge in [0.1, 0.15) is 5.82 Å². The summed E-state index contributed by atoms with van der Waals surface area (Å²) >= 11 is 0. The number of rotatable bonds is 4. The molecule has 0 saturated carbocycles. The number of aliphatic hydroxyl groups is 1. The van der Waals surface area contributed by atoms with Crippen molar-refractivity contribution < 1.29 is 5.11 Å². The molecule has 2 N–H and O–H groups in total. The summed E-state index contributed by atoms with van der Waals surface area (Å²) in [5, 5.41) is 21.0. The Kier molecular flexibility index (Phi) is 3.90. The van der Waals surface area contributed by atoms with Crippen LogP contribution in [0.5, 0.6) is 0 Å². The van der Waals surface area contributed by atoms with Crippen LogP contribution in [-0.2, 0) is 13.2 Å². The Morgan fingerprint density at radius 1 is 1.22 bits per heavy atom. The summed E-state index contributed by atoms with van der Waals surface area (Å²) in [7, 11) is 0. The molecule has 4 heteroatoms. The monoisotopic (exact) mass is 239 g/mol. The van der Waals surface area contributed by atoms with Gasteiger partial charge in [-0.15, -0.1) is 0 Å². The molecule has 0 saturated heterocycles. The highest BCUT2D eigenvalue weighted by molar-refractivity contribution is 5.43. The van der Waals surface area contributed by atoms with Crippen molar-refractivity contribution in [3.8, 4) is 6.07 Å². The molecule has 2 rings (SSSR count). The smallest absolute Gasteiger partial charge is 0.127 e. The molecule has 0 amide bonds. The molecule has 1 aromatic carbocycles. The van der Waals surface area contributed by atoms with Crippen LogP contribution in [0.25, 0.3) is 0 Å². The highest BCUT2D eigenvalue weighted by Gasteiger charge is 1.98. The van der Waals surface area contributed by atoms with Crippen molar-refractivity contribution in [3.05, 3.63) is 59.3 Å². The van der Waals surface area contributed by atoms with Crippen molar-refractivity contribution in [2.75, 3.05) is 5.32 Å². The van der Waals surface area contributed by atoms with E-state index in [4.69, 9.17) is 10.4 Å². The molecule has 0 spiro atoms. The van der Waals surface area contributed by atoms with Gasteiger partial charge in [0.2, 0.25) is 0 Å². The minimum Gasteiger partial charge on any atom is -0.392 e. The number of aromatic nitrogens is 1. The Morgan fingerprint density at radius 2 is 2.06 bits per heavy atom. The van der Waals surface area contributed by atoms with Crippen LogP contribution in [0.2, 0.25) is 0 Å². The van der Waals surface area contributed by atoms with Gasteiger partial charge in [0.15, 0.2) is 0 Å². The van der Waals surface area contributed by atoms with Crippen LogP contribution in [0.15, 0.2) is 42.6 Å². The van der Waals surface area contributed by atoms with E-state index in [0.29, 0.717) is 17.9 Å². The average Bonchev–Trinajstić information content (AvgIpc) is 2.45. The van der Waals surface area contributed by atoms with Gasteiger partial charge in [-0.05, 0) is 23.3 Å². The van der Waals surface area contributed by atoms with Crippen molar-refractivity contribution in [1.29, 1.82) is 5.26 Å². The van der Waals surface area contributed by atoms with Gasteiger partial charge in [-0.2, -0.15) is 5.26 Å². The van der Waals surface area contributed by atoms with E-state index in [-0.39, 0.29) is 6.61 Å². The van der Waals surface area contributed by atoms with Crippen molar-refractivity contribution in [3.63, 3.8) is 0 Å². The van der Waals surface area contributed by atoms with Crippen molar-refractivity contribution in [2.45, 2.75) is 13.2 Å². The second-order valence-corrected chi connectivity index (χ2v) is 3.87. The Balaban J connectivity index is 2.04. The molecule has 0 atom stereocenters. The summed E-state index contributed by atoms with van der Waals surface area (Å²) in [6.45, 7) is 0.645. The van der Waals surface area contributed by atoms with Gasteiger partial charge in [-0.3, -0.25) is 0 Å². The van der Waals surface area contributed by atoms with Crippen molar-refractivity contribution in [2.24, 2.45) is 0 Å². The summed E-state index contributed by atoms with van der Waals surface area (Å²) in [6, 6.07) is 13.1. The molecule has 0 fully saturated rings. The van der Waals surface area contributed by atoms with Crippen LogP contribution in [0.4, 0.5) is 5.82 Å². The Hall–Kier alpha value is -2.38. The van der Waals surface area contributed by atoms with E-state index < -0.39 is 0 Å². The van der Waals surface area contributed by atoms with Gasteiger partial charge in [0.25, 0.3) is 0 Å². The first-order valence-corrected chi connectivity index (χ1v) is 5.60. The van der Waals surface area contributed by atoms with Gasteiger partial charge >= 0.3 is 0 Å². The van der Waals surface area contributed by atoms with Crippen LogP contribution >= 0.6 is 0 Å². The van der Waals surface area contributed by atoms with Crippen molar-refractivity contribution >= 4 is 5.82 Å². The van der Waals surface area contributed by atoms with E-state index in [1.165, 1.54) is 0 Å². The molecule has 18 heavy (non-hydrogen) atoms. The van der Waals surface area contributed by atoms with Gasteiger partial charge in [0.05, 0.1) is 18.2 Å². The van der Waals surface area contributed by atoms with Crippen LogP contribution in [-0.4, -0.2) is 10.1 Å². The molecule has 0 radical (unpaired) electrons. The zero-order chi connectivity index (χ0) is 12.8. The van der Waals surface area contributed by atoms with E-state index in [1.54, 1.807) is 18.3 Å². The van der Waals surface area contributed by atoms with Gasteiger partial charge < -0.3 is 10.4 Å². The summed E-state index contributed by atoms with van der Waals surface area (Å²) in [6.07, 6.45) is 1.60. The molecule has 1 heterocycles. The quantitative estimate of drug-likeness (QED) is 0.856. The van der Waals surface area contributed by atoms with Crippen LogP contribution in [0.1, 0.15) is 16.7 Å². The molecular formula is C14H13N3O. The molecule has 4 nitrogen and oxygen atoms in total. The largest absolute Gasteiger partial charge is 0.392 e. The van der Waals surface area contributed by atoms with Gasteiger partial charge in [0, 0.05) is 12.7 Å². The van der Waals surface area contributed by atoms with Gasteiger partial charge in [-0.1, -0.05) is 24.3 Å². The van der Waals surface area contributed by atoms with E-state index in [0.717, 1.165) is 11.1 Å². The number of hydrogen-bond donors (Lipinski definition) is 2. The molecule has 90 valence electrons. The zero-order valence-corrected chi connectivity index (χ0v) is 9.80. The standard InChI is InChI=1S/C14H13N3O/c15-8-11-4-5-16-14(7-11)17-9-12-2-1-3-13(6-12)10-18/h1-7,18H,9-10H2,(H,16,17). The SMILES string of the molecule is N#Cc1ccnc(NCc2cccc(CO)c2)c1. The number of anilines is 1. The number of hydrogen-bond acceptors (Lipinski definition) is 4. The lowest BCUT2D eigenvalue weighted by molar-refractivity contribution is 0.281. The lowest BCUT2D eigenvalue weighted by Gasteiger charge is -2.06. The summed E-state index contributed by atoms with van der Waals surface area (Å²) in [5.74, 6) is 0.670. The lowest BCUT2D eigenvalue weighted by Crippen LogP contribution is -2.02. The Labute approximate surface area is 106 Å². The summed E-state index contributed by atoms with van der Waals surface area (Å²) in [5.41, 5.74) is 2.52. The summed E-state index contributed by atoms with van der Waals surface area (Å²) in [4.78, 5) is 4.13. The minimum atomic E-state index is 0.0377. The third-order valence-corrected chi connectivity index (χ3v) is 2.54. The molecule has 1 aromatic heterocycles. The topological polar surface area (TPSA) is 68.9 Å². The fraction of sp³-hybridized carbons (Fsp3) is 0.143. The van der Waals surface area contributed by atoms with Crippen LogP contribution < -0.4 is 5.32 Å². The first kappa shape index (κ1) is 12.1. The second-order valence-electron chi connectivity index (χ2n) is 3.87. The Morgan fingerprint density at radius 3 is 2.83 bits per heavy atom. The third kappa shape index (κ3) is 3.06.